The number of carbonyl (C=O) groups is 3. The molecule has 0 aromatic carbocycles. The number of nitrogens with one attached hydrogen (secondary N) is 4. The van der Waals surface area contributed by atoms with Crippen molar-refractivity contribution >= 4 is 34.9 Å². The predicted molar refractivity (Wildman–Crippen MR) is 217 cm³/mol. The van der Waals surface area contributed by atoms with Gasteiger partial charge in [0.05, 0.1) is 47.6 Å². The maximum absolute atomic E-state index is 14.0. The summed E-state index contributed by atoms with van der Waals surface area (Å²) in [6.45, 7) is 14.7. The van der Waals surface area contributed by atoms with E-state index in [1.165, 1.54) is 7.11 Å². The summed E-state index contributed by atoms with van der Waals surface area (Å²) in [4.78, 5) is 55.9. The summed E-state index contributed by atoms with van der Waals surface area (Å²) < 4.78 is 5.22. The molecule has 4 atom stereocenters. The van der Waals surface area contributed by atoms with Crippen molar-refractivity contribution in [1.82, 2.24) is 21.3 Å². The fourth-order valence-corrected chi connectivity index (χ4v) is 8.02. The summed E-state index contributed by atoms with van der Waals surface area (Å²) >= 11 is 0. The van der Waals surface area contributed by atoms with Gasteiger partial charge in [-0.1, -0.05) is 20.8 Å². The van der Waals surface area contributed by atoms with E-state index in [0.29, 0.717) is 66.4 Å². The van der Waals surface area contributed by atoms with Crippen LogP contribution in [0.2, 0.25) is 0 Å². The fraction of sp³-hybridized carbons (Fsp3) is 0.512. The average molecular weight is 755 g/mol. The van der Waals surface area contributed by atoms with Crippen molar-refractivity contribution in [2.75, 3.05) is 46.4 Å². The van der Waals surface area contributed by atoms with Crippen LogP contribution in [-0.2, 0) is 19.1 Å². The molecule has 10 N–H and O–H groups in total. The molecule has 8 bridgehead atoms. The summed E-state index contributed by atoms with van der Waals surface area (Å²) in [5.41, 5.74) is 27.7. The number of carbonyl (C=O) groups excluding carboxylic acids is 3. The van der Waals surface area contributed by atoms with Crippen LogP contribution in [0.4, 0.5) is 0 Å². The normalized spacial score (nSPS) is 24.1. The van der Waals surface area contributed by atoms with Crippen molar-refractivity contribution < 1.29 is 19.1 Å². The van der Waals surface area contributed by atoms with Gasteiger partial charge in [-0.05, 0) is 63.0 Å². The molecule has 5 aliphatic rings. The van der Waals surface area contributed by atoms with E-state index in [4.69, 9.17) is 36.9 Å². The molecule has 0 saturated carbocycles. The summed E-state index contributed by atoms with van der Waals surface area (Å²) in [6, 6.07) is 0. The van der Waals surface area contributed by atoms with Crippen molar-refractivity contribution in [2.24, 2.45) is 55.8 Å². The molecule has 5 rings (SSSR count). The highest BCUT2D eigenvalue weighted by atomic mass is 16.5. The molecule has 0 aromatic rings. The lowest BCUT2D eigenvalue weighted by atomic mass is 9.82. The van der Waals surface area contributed by atoms with E-state index in [0.717, 1.165) is 51.8 Å². The van der Waals surface area contributed by atoms with Crippen LogP contribution in [0, 0.1) is 23.7 Å². The van der Waals surface area contributed by atoms with Gasteiger partial charge in [-0.3, -0.25) is 19.4 Å². The van der Waals surface area contributed by atoms with Crippen molar-refractivity contribution in [2.45, 2.75) is 67.2 Å². The topological polar surface area (TPSA) is 224 Å². The highest BCUT2D eigenvalue weighted by Crippen LogP contribution is 2.43. The first-order chi connectivity index (χ1) is 26.4. The van der Waals surface area contributed by atoms with Crippen LogP contribution in [0.15, 0.2) is 95.3 Å². The number of hydrogen-bond acceptors (Lipinski definition) is 12. The van der Waals surface area contributed by atoms with Crippen molar-refractivity contribution in [1.29, 1.82) is 0 Å². The molecule has 0 spiro atoms. The maximum Gasteiger partial charge on any atom is 0.310 e. The monoisotopic (exact) mass is 754 g/mol. The van der Waals surface area contributed by atoms with Crippen LogP contribution in [0.25, 0.3) is 0 Å². The maximum atomic E-state index is 14.0. The molecule has 296 valence electrons. The van der Waals surface area contributed by atoms with Gasteiger partial charge < -0.3 is 43.2 Å². The Kier molecular flexibility index (Phi) is 13.6. The molecule has 0 radical (unpaired) electrons. The number of amides is 2. The first-order valence-electron chi connectivity index (χ1n) is 19.4. The number of esters is 1. The van der Waals surface area contributed by atoms with Gasteiger partial charge in [0, 0.05) is 103 Å². The summed E-state index contributed by atoms with van der Waals surface area (Å²) in [5, 5.41) is 13.0. The van der Waals surface area contributed by atoms with E-state index in [-0.39, 0.29) is 61.4 Å². The Labute approximate surface area is 324 Å². The van der Waals surface area contributed by atoms with Crippen molar-refractivity contribution in [3.05, 3.63) is 80.3 Å². The van der Waals surface area contributed by atoms with Gasteiger partial charge in [0.1, 0.15) is 0 Å². The molecule has 5 heterocycles. The quantitative estimate of drug-likeness (QED) is 0.129. The minimum atomic E-state index is -0.503. The minimum absolute atomic E-state index is 0.130. The first-order valence-corrected chi connectivity index (χ1v) is 19.4. The van der Waals surface area contributed by atoms with Crippen molar-refractivity contribution in [3.63, 3.8) is 0 Å². The number of rotatable bonds is 14. The Morgan fingerprint density at radius 3 is 2.18 bits per heavy atom. The number of methoxy groups -OCH3 is 1. The second-order valence-corrected chi connectivity index (χ2v) is 14.6. The Hall–Kier alpha value is -4.92. The predicted octanol–water partition coefficient (Wildman–Crippen LogP) is 2.69. The van der Waals surface area contributed by atoms with E-state index in [1.54, 1.807) is 0 Å². The number of hydrogen-bond donors (Lipinski definition) is 7. The van der Waals surface area contributed by atoms with E-state index in [1.807, 2.05) is 26.0 Å². The van der Waals surface area contributed by atoms with Gasteiger partial charge in [0.25, 0.3) is 5.91 Å². The van der Waals surface area contributed by atoms with Crippen LogP contribution in [0.3, 0.4) is 0 Å². The van der Waals surface area contributed by atoms with Crippen molar-refractivity contribution in [3.8, 4) is 0 Å². The van der Waals surface area contributed by atoms with Crippen LogP contribution in [0.1, 0.15) is 67.2 Å². The molecule has 2 amide bonds. The fourth-order valence-electron chi connectivity index (χ4n) is 8.02. The van der Waals surface area contributed by atoms with E-state index in [2.05, 4.69) is 55.0 Å². The van der Waals surface area contributed by atoms with Gasteiger partial charge in [-0.2, -0.15) is 0 Å². The van der Waals surface area contributed by atoms with Crippen LogP contribution >= 0.6 is 0 Å². The number of nitrogens with two attached hydrogens (primary N) is 3. The molecule has 0 aliphatic carbocycles. The summed E-state index contributed by atoms with van der Waals surface area (Å²) in [7, 11) is 1.33. The number of ether oxygens (including phenoxy) is 1. The van der Waals surface area contributed by atoms with E-state index >= 15 is 0 Å². The zero-order chi connectivity index (χ0) is 40.0. The number of fused-ring (bicyclic) bond motifs is 5. The smallest absolute Gasteiger partial charge is 0.310 e. The van der Waals surface area contributed by atoms with Gasteiger partial charge in [-0.15, -0.1) is 0 Å². The van der Waals surface area contributed by atoms with Crippen LogP contribution in [0.5, 0.6) is 0 Å². The molecule has 55 heavy (non-hydrogen) atoms. The third kappa shape index (κ3) is 8.66. The zero-order valence-electron chi connectivity index (χ0n) is 33.3. The second kappa shape index (κ2) is 18.1. The average Bonchev–Trinajstić information content (AvgIpc) is 3.86. The zero-order valence-corrected chi connectivity index (χ0v) is 33.3. The Balaban J connectivity index is 1.83. The lowest BCUT2D eigenvalue weighted by molar-refractivity contribution is -0.139. The number of aliphatic imine (C=N–C) groups is 3. The summed E-state index contributed by atoms with van der Waals surface area (Å²) in [6.07, 6.45) is 7.48. The lowest BCUT2D eigenvalue weighted by Gasteiger charge is -2.21. The SMILES string of the molecule is CC[C@H]1C2=CC3=NC(=C(CC(=O)OC)C4=NC(=CC5=C(C)/C(=C(/C)NCCN)C(=N5)C=C(N2)[C@@H]1C)[C@@H](C)[C@@H]4CCC(=O)NCCN)C(C(=O)NCCN)=C3C. The van der Waals surface area contributed by atoms with Gasteiger partial charge in [0.2, 0.25) is 5.91 Å². The van der Waals surface area contributed by atoms with Crippen LogP contribution in [-0.4, -0.2) is 81.3 Å². The Bertz CT molecular complexity index is 1920. The van der Waals surface area contributed by atoms with Gasteiger partial charge in [-0.25, -0.2) is 9.98 Å². The lowest BCUT2D eigenvalue weighted by Crippen LogP contribution is -2.32. The Morgan fingerprint density at radius 2 is 1.51 bits per heavy atom. The summed E-state index contributed by atoms with van der Waals surface area (Å²) in [5.74, 6) is -1.18. The molecule has 1 saturated heterocycles. The van der Waals surface area contributed by atoms with E-state index < -0.39 is 5.97 Å². The molecule has 14 heteroatoms. The highest BCUT2D eigenvalue weighted by Gasteiger charge is 2.40. The number of allylic oxidation sites excluding steroid dienone is 10. The number of nitrogens with zero attached hydrogens (tertiary/aromatic N) is 3. The molecular formula is C41H58N10O4. The van der Waals surface area contributed by atoms with E-state index in [9.17, 15) is 14.4 Å². The molecule has 14 nitrogen and oxygen atoms in total. The Morgan fingerprint density at radius 1 is 0.836 bits per heavy atom. The molecule has 1 fully saturated rings. The molecule has 0 unspecified atom stereocenters. The highest BCUT2D eigenvalue weighted by molar-refractivity contribution is 6.21. The van der Waals surface area contributed by atoms with Crippen LogP contribution < -0.4 is 38.5 Å². The molecule has 0 aromatic heterocycles. The first kappa shape index (κ1) is 41.2. The molecule has 5 aliphatic heterocycles. The standard InChI is InChI=1S/C41H58N10O4/c1-8-26-21(2)29-20-34-37(25(6)45-14-11-42)23(4)31(49-34)18-30-22(3)27(9-10-35(52)46-15-12-43)39(50-30)28(17-36(53)55-7)40-38(41(54)47-16-13-44)24(5)32(51-40)19-33(26)48-29/h18-22,26-27,45,48H,8-17,42-44H2,1-7H3,(H,46,52)(H,47,54)/b29-20?,30-18?,33-19?,37-25+,40-28?/t21-,22+,26-,27+/m1/s1. The third-order valence-electron chi connectivity index (χ3n) is 11.1. The minimum Gasteiger partial charge on any atom is -0.469 e. The van der Waals surface area contributed by atoms with Gasteiger partial charge in [0.15, 0.2) is 0 Å². The largest absolute Gasteiger partial charge is 0.469 e. The third-order valence-corrected chi connectivity index (χ3v) is 11.1. The second-order valence-electron chi connectivity index (χ2n) is 14.6. The van der Waals surface area contributed by atoms with Gasteiger partial charge >= 0.3 is 5.97 Å². The molecular weight excluding hydrogens is 697 g/mol.